The SMILES string of the molecule is CCCSC1CCCC1NC. The monoisotopic (exact) mass is 173 g/mol. The van der Waals surface area contributed by atoms with Gasteiger partial charge in [-0.2, -0.15) is 11.8 Å². The van der Waals surface area contributed by atoms with Gasteiger partial charge in [-0.1, -0.05) is 13.3 Å². The molecule has 2 unspecified atom stereocenters. The molecule has 1 rings (SSSR count). The molecule has 1 nitrogen and oxygen atoms in total. The molecule has 2 atom stereocenters. The minimum atomic E-state index is 0.798. The summed E-state index contributed by atoms with van der Waals surface area (Å²) in [5.74, 6) is 1.34. The highest BCUT2D eigenvalue weighted by molar-refractivity contribution is 7.99. The van der Waals surface area contributed by atoms with Gasteiger partial charge in [0.25, 0.3) is 0 Å². The van der Waals surface area contributed by atoms with Crippen LogP contribution in [-0.2, 0) is 0 Å². The van der Waals surface area contributed by atoms with E-state index in [1.165, 1.54) is 31.4 Å². The first kappa shape index (κ1) is 9.40. The largest absolute Gasteiger partial charge is 0.316 e. The standard InChI is InChI=1S/C9H19NS/c1-3-7-11-9-6-4-5-8(9)10-2/h8-10H,3-7H2,1-2H3. The van der Waals surface area contributed by atoms with Crippen LogP contribution >= 0.6 is 11.8 Å². The molecule has 66 valence electrons. The van der Waals surface area contributed by atoms with E-state index in [1.807, 2.05) is 0 Å². The van der Waals surface area contributed by atoms with Crippen molar-refractivity contribution in [3.05, 3.63) is 0 Å². The maximum atomic E-state index is 3.40. The minimum Gasteiger partial charge on any atom is -0.316 e. The van der Waals surface area contributed by atoms with Crippen LogP contribution in [0.5, 0.6) is 0 Å². The Morgan fingerprint density at radius 1 is 1.45 bits per heavy atom. The van der Waals surface area contributed by atoms with Crippen molar-refractivity contribution in [2.45, 2.75) is 43.9 Å². The Morgan fingerprint density at radius 2 is 2.27 bits per heavy atom. The van der Waals surface area contributed by atoms with Crippen LogP contribution in [0.4, 0.5) is 0 Å². The highest BCUT2D eigenvalue weighted by atomic mass is 32.2. The Bertz CT molecular complexity index is 106. The first-order valence-electron chi connectivity index (χ1n) is 4.67. The predicted octanol–water partition coefficient (Wildman–Crippen LogP) is 2.27. The fourth-order valence-corrected chi connectivity index (χ4v) is 3.10. The van der Waals surface area contributed by atoms with E-state index in [0.717, 1.165) is 11.3 Å². The van der Waals surface area contributed by atoms with E-state index in [1.54, 1.807) is 0 Å². The molecule has 2 heteroatoms. The average molecular weight is 173 g/mol. The minimum absolute atomic E-state index is 0.798. The number of hydrogen-bond acceptors (Lipinski definition) is 2. The maximum Gasteiger partial charge on any atom is 0.0201 e. The van der Waals surface area contributed by atoms with Gasteiger partial charge in [-0.3, -0.25) is 0 Å². The highest BCUT2D eigenvalue weighted by Crippen LogP contribution is 2.29. The third kappa shape index (κ3) is 2.68. The molecule has 1 aliphatic carbocycles. The average Bonchev–Trinajstić information content (AvgIpc) is 2.47. The lowest BCUT2D eigenvalue weighted by Gasteiger charge is -2.17. The molecule has 0 bridgehead atoms. The van der Waals surface area contributed by atoms with Gasteiger partial charge in [0.2, 0.25) is 0 Å². The highest BCUT2D eigenvalue weighted by Gasteiger charge is 2.25. The number of rotatable bonds is 4. The molecule has 0 aromatic rings. The summed E-state index contributed by atoms with van der Waals surface area (Å²) in [6.45, 7) is 2.26. The second kappa shape index (κ2) is 5.04. The lowest BCUT2D eigenvalue weighted by atomic mass is 10.2. The Hall–Kier alpha value is 0.310. The molecule has 1 aliphatic rings. The summed E-state index contributed by atoms with van der Waals surface area (Å²) in [5, 5.41) is 4.30. The van der Waals surface area contributed by atoms with Crippen LogP contribution in [0.1, 0.15) is 32.6 Å². The van der Waals surface area contributed by atoms with Crippen LogP contribution in [0.15, 0.2) is 0 Å². The molecule has 1 fully saturated rings. The van der Waals surface area contributed by atoms with E-state index in [0.29, 0.717) is 0 Å². The summed E-state index contributed by atoms with van der Waals surface area (Å²) in [6, 6.07) is 0.798. The van der Waals surface area contributed by atoms with Crippen LogP contribution in [0.2, 0.25) is 0 Å². The van der Waals surface area contributed by atoms with Crippen LogP contribution in [0.3, 0.4) is 0 Å². The van der Waals surface area contributed by atoms with Crippen molar-refractivity contribution < 1.29 is 0 Å². The molecule has 0 saturated heterocycles. The fourth-order valence-electron chi connectivity index (χ4n) is 1.72. The maximum absolute atomic E-state index is 3.40. The Labute approximate surface area is 74.3 Å². The van der Waals surface area contributed by atoms with Gasteiger partial charge in [-0.25, -0.2) is 0 Å². The van der Waals surface area contributed by atoms with Crippen molar-refractivity contribution in [3.8, 4) is 0 Å². The lowest BCUT2D eigenvalue weighted by molar-refractivity contribution is 0.591. The fraction of sp³-hybridized carbons (Fsp3) is 1.00. The van der Waals surface area contributed by atoms with Gasteiger partial charge in [0.05, 0.1) is 0 Å². The number of thioether (sulfide) groups is 1. The van der Waals surface area contributed by atoms with Gasteiger partial charge in [-0.15, -0.1) is 0 Å². The Kier molecular flexibility index (Phi) is 4.31. The van der Waals surface area contributed by atoms with E-state index < -0.39 is 0 Å². The van der Waals surface area contributed by atoms with Crippen LogP contribution in [0.25, 0.3) is 0 Å². The van der Waals surface area contributed by atoms with Crippen molar-refractivity contribution >= 4 is 11.8 Å². The second-order valence-corrected chi connectivity index (χ2v) is 4.58. The molecular formula is C9H19NS. The summed E-state index contributed by atoms with van der Waals surface area (Å²) < 4.78 is 0. The van der Waals surface area contributed by atoms with Gasteiger partial charge in [-0.05, 0) is 32.1 Å². The summed E-state index contributed by atoms with van der Waals surface area (Å²) in [5.41, 5.74) is 0. The third-order valence-electron chi connectivity index (χ3n) is 2.36. The van der Waals surface area contributed by atoms with Crippen LogP contribution < -0.4 is 5.32 Å². The molecule has 0 spiro atoms. The van der Waals surface area contributed by atoms with Gasteiger partial charge >= 0.3 is 0 Å². The molecule has 0 heterocycles. The van der Waals surface area contributed by atoms with E-state index in [-0.39, 0.29) is 0 Å². The summed E-state index contributed by atoms with van der Waals surface area (Å²) >= 11 is 2.15. The van der Waals surface area contributed by atoms with Crippen molar-refractivity contribution in [1.29, 1.82) is 0 Å². The lowest BCUT2D eigenvalue weighted by Crippen LogP contribution is -2.30. The third-order valence-corrected chi connectivity index (χ3v) is 4.00. The van der Waals surface area contributed by atoms with Gasteiger partial charge in [0.15, 0.2) is 0 Å². The van der Waals surface area contributed by atoms with Gasteiger partial charge < -0.3 is 5.32 Å². The molecule has 1 saturated carbocycles. The molecule has 1 N–H and O–H groups in total. The zero-order chi connectivity index (χ0) is 8.10. The first-order valence-corrected chi connectivity index (χ1v) is 5.72. The Morgan fingerprint density at radius 3 is 2.91 bits per heavy atom. The second-order valence-electron chi connectivity index (χ2n) is 3.24. The molecule has 11 heavy (non-hydrogen) atoms. The topological polar surface area (TPSA) is 12.0 Å². The van der Waals surface area contributed by atoms with Gasteiger partial charge in [0.1, 0.15) is 0 Å². The van der Waals surface area contributed by atoms with Crippen molar-refractivity contribution in [3.63, 3.8) is 0 Å². The van der Waals surface area contributed by atoms with E-state index >= 15 is 0 Å². The van der Waals surface area contributed by atoms with Crippen LogP contribution in [-0.4, -0.2) is 24.1 Å². The number of hydrogen-bond donors (Lipinski definition) is 1. The first-order chi connectivity index (χ1) is 5.38. The molecule has 0 aromatic heterocycles. The summed E-state index contributed by atoms with van der Waals surface area (Å²) in [4.78, 5) is 0. The zero-order valence-corrected chi connectivity index (χ0v) is 8.41. The molecule has 0 aromatic carbocycles. The smallest absolute Gasteiger partial charge is 0.0201 e. The van der Waals surface area contributed by atoms with Crippen molar-refractivity contribution in [2.75, 3.05) is 12.8 Å². The summed E-state index contributed by atoms with van der Waals surface area (Å²) in [6.07, 6.45) is 5.55. The van der Waals surface area contributed by atoms with E-state index in [2.05, 4.69) is 31.1 Å². The molecule has 0 aliphatic heterocycles. The molecule has 0 amide bonds. The summed E-state index contributed by atoms with van der Waals surface area (Å²) in [7, 11) is 2.09. The number of nitrogens with one attached hydrogen (secondary N) is 1. The Balaban J connectivity index is 2.20. The van der Waals surface area contributed by atoms with Crippen LogP contribution in [0, 0.1) is 0 Å². The van der Waals surface area contributed by atoms with E-state index in [4.69, 9.17) is 0 Å². The normalized spacial score (nSPS) is 31.1. The van der Waals surface area contributed by atoms with Gasteiger partial charge in [0, 0.05) is 11.3 Å². The van der Waals surface area contributed by atoms with E-state index in [9.17, 15) is 0 Å². The zero-order valence-electron chi connectivity index (χ0n) is 7.60. The van der Waals surface area contributed by atoms with Crippen molar-refractivity contribution in [2.24, 2.45) is 0 Å². The molecular weight excluding hydrogens is 154 g/mol. The van der Waals surface area contributed by atoms with Crippen molar-refractivity contribution in [1.82, 2.24) is 5.32 Å². The predicted molar refractivity (Wildman–Crippen MR) is 53.2 cm³/mol. The molecule has 0 radical (unpaired) electrons. The quantitative estimate of drug-likeness (QED) is 0.700.